The topological polar surface area (TPSA) is 12.4 Å². The molecule has 0 amide bonds. The predicted molar refractivity (Wildman–Crippen MR) is 24.8 cm³/mol. The summed E-state index contributed by atoms with van der Waals surface area (Å²) in [5.74, 6) is 0. The number of hydrogen-bond donors (Lipinski definition) is 0. The van der Waals surface area contributed by atoms with Crippen molar-refractivity contribution in [1.82, 2.24) is 0 Å². The van der Waals surface area contributed by atoms with E-state index < -0.39 is 0 Å². The van der Waals surface area contributed by atoms with Gasteiger partial charge in [0.1, 0.15) is 0 Å². The third-order valence-electron chi connectivity index (χ3n) is 0.311. The predicted octanol–water partition coefficient (Wildman–Crippen LogP) is 0.774. The van der Waals surface area contributed by atoms with Crippen LogP contribution in [0.25, 0.3) is 0 Å². The summed E-state index contributed by atoms with van der Waals surface area (Å²) in [4.78, 5) is 3.95. The summed E-state index contributed by atoms with van der Waals surface area (Å²) in [6.07, 6.45) is 1.81. The molecule has 0 saturated heterocycles. The molecule has 2 heteroatoms. The van der Waals surface area contributed by atoms with Gasteiger partial charge in [-0.1, -0.05) is 0 Å². The van der Waals surface area contributed by atoms with E-state index in [4.69, 9.17) is 0 Å². The standard InChI is InChI=1S/C4H7N.W/c1-3-5-4-2;/h3H,1-2H3;. The van der Waals surface area contributed by atoms with Gasteiger partial charge in [0.05, 0.1) is 0 Å². The van der Waals surface area contributed by atoms with Gasteiger partial charge in [-0.2, -0.15) is 0 Å². The molecule has 0 unspecified atom stereocenters. The van der Waals surface area contributed by atoms with Crippen LogP contribution >= 0.6 is 0 Å². The first-order valence-corrected chi connectivity index (χ1v) is 3.23. The van der Waals surface area contributed by atoms with E-state index >= 15 is 0 Å². The van der Waals surface area contributed by atoms with Gasteiger partial charge in [-0.15, -0.1) is 0 Å². The summed E-state index contributed by atoms with van der Waals surface area (Å²) < 4.78 is 1.19. The second kappa shape index (κ2) is 3.42. The molecule has 0 aliphatic carbocycles. The van der Waals surface area contributed by atoms with Crippen molar-refractivity contribution in [3.63, 3.8) is 0 Å². The Morgan fingerprint density at radius 1 is 1.83 bits per heavy atom. The molecule has 0 aromatic heterocycles. The van der Waals surface area contributed by atoms with Gasteiger partial charge in [0.2, 0.25) is 0 Å². The summed E-state index contributed by atoms with van der Waals surface area (Å²) in [6, 6.07) is 0. The number of aliphatic imine (C=N–C) groups is 1. The molecule has 0 aliphatic rings. The molecule has 0 spiro atoms. The summed E-state index contributed by atoms with van der Waals surface area (Å²) in [5, 5.41) is 0. The third kappa shape index (κ3) is 4.23. The Labute approximate surface area is 48.9 Å². The normalized spacial score (nSPS) is 9.67. The van der Waals surface area contributed by atoms with Gasteiger partial charge in [-0.05, 0) is 0 Å². The van der Waals surface area contributed by atoms with E-state index in [1.165, 1.54) is 23.4 Å². The van der Waals surface area contributed by atoms with E-state index in [-0.39, 0.29) is 0 Å². The maximum absolute atomic E-state index is 3.95. The van der Waals surface area contributed by atoms with Crippen LogP contribution in [0.5, 0.6) is 0 Å². The van der Waals surface area contributed by atoms with Crippen LogP contribution in [0.15, 0.2) is 4.99 Å². The van der Waals surface area contributed by atoms with Crippen LogP contribution in [-0.4, -0.2) is 10.2 Å². The molecule has 0 radical (unpaired) electrons. The van der Waals surface area contributed by atoms with Gasteiger partial charge in [0, 0.05) is 0 Å². The Morgan fingerprint density at radius 3 is 2.33 bits per heavy atom. The van der Waals surface area contributed by atoms with Gasteiger partial charge in [0.15, 0.2) is 0 Å². The molecule has 0 N–H and O–H groups in total. The summed E-state index contributed by atoms with van der Waals surface area (Å²) >= 11 is 1.45. The Kier molecular flexibility index (Phi) is 3.55. The molecule has 0 saturated carbocycles. The van der Waals surface area contributed by atoms with Crippen LogP contribution in [0.1, 0.15) is 13.8 Å². The van der Waals surface area contributed by atoms with E-state index in [1.54, 1.807) is 0 Å². The second-order valence-electron chi connectivity index (χ2n) is 0.906. The average molecular weight is 253 g/mol. The molecule has 0 bridgehead atoms. The molecular formula is C4H7NW. The van der Waals surface area contributed by atoms with E-state index in [9.17, 15) is 0 Å². The maximum atomic E-state index is 3.95. The zero-order valence-corrected chi connectivity index (χ0v) is 6.87. The van der Waals surface area contributed by atoms with Crippen LogP contribution in [0.3, 0.4) is 0 Å². The minimum atomic E-state index is 1.19. The fraction of sp³-hybridized carbons (Fsp3) is 0.500. The molecule has 1 nitrogen and oxygen atoms in total. The van der Waals surface area contributed by atoms with Gasteiger partial charge in [-0.3, -0.25) is 0 Å². The third-order valence-corrected chi connectivity index (χ3v) is 0.690. The van der Waals surface area contributed by atoms with Crippen LogP contribution in [0.4, 0.5) is 0 Å². The molecule has 6 heavy (non-hydrogen) atoms. The Bertz CT molecular complexity index is 75.6. The second-order valence-corrected chi connectivity index (χ2v) is 3.03. The van der Waals surface area contributed by atoms with Gasteiger partial charge in [0.25, 0.3) is 0 Å². The van der Waals surface area contributed by atoms with Crippen LogP contribution in [0, 0.1) is 0 Å². The van der Waals surface area contributed by atoms with Crippen molar-refractivity contribution in [2.45, 2.75) is 13.8 Å². The molecule has 0 atom stereocenters. The van der Waals surface area contributed by atoms with Gasteiger partial charge in [-0.25, -0.2) is 0 Å². The van der Waals surface area contributed by atoms with E-state index in [0.717, 1.165) is 0 Å². The van der Waals surface area contributed by atoms with E-state index in [0.29, 0.717) is 0 Å². The Hall–Kier alpha value is 0.228. The van der Waals surface area contributed by atoms with E-state index in [2.05, 4.69) is 4.99 Å². The van der Waals surface area contributed by atoms with Crippen molar-refractivity contribution >= 4 is 10.2 Å². The first-order valence-electron chi connectivity index (χ1n) is 1.76. The summed E-state index contributed by atoms with van der Waals surface area (Å²) in [5.41, 5.74) is 0. The van der Waals surface area contributed by atoms with Gasteiger partial charge < -0.3 is 0 Å². The van der Waals surface area contributed by atoms with Crippen molar-refractivity contribution < 1.29 is 19.4 Å². The molecule has 0 aliphatic heterocycles. The molecule has 0 rings (SSSR count). The zero-order chi connectivity index (χ0) is 4.99. The molecular weight excluding hydrogens is 246 g/mol. The molecule has 0 heterocycles. The average Bonchev–Trinajstić information content (AvgIpc) is 1.35. The quantitative estimate of drug-likeness (QED) is 0.612. The van der Waals surface area contributed by atoms with Crippen molar-refractivity contribution in [3.8, 4) is 0 Å². The molecule has 0 aromatic rings. The van der Waals surface area contributed by atoms with Crippen LogP contribution in [0.2, 0.25) is 0 Å². The Morgan fingerprint density at radius 2 is 2.33 bits per heavy atom. The van der Waals surface area contributed by atoms with Crippen LogP contribution < -0.4 is 0 Å². The fourth-order valence-electron chi connectivity index (χ4n) is 0.182. The van der Waals surface area contributed by atoms with Crippen molar-refractivity contribution in [2.75, 3.05) is 0 Å². The van der Waals surface area contributed by atoms with Crippen molar-refractivity contribution in [1.29, 1.82) is 0 Å². The van der Waals surface area contributed by atoms with Crippen molar-refractivity contribution in [2.24, 2.45) is 4.99 Å². The first kappa shape index (κ1) is 6.23. The van der Waals surface area contributed by atoms with Gasteiger partial charge >= 0.3 is 48.4 Å². The Balaban J connectivity index is 3.30. The first-order chi connectivity index (χ1) is 2.77. The molecule has 34 valence electrons. The monoisotopic (exact) mass is 253 g/mol. The number of hydrogen-bond acceptors (Lipinski definition) is 1. The minimum absolute atomic E-state index is 1.19. The zero-order valence-electron chi connectivity index (χ0n) is 3.93. The SMILES string of the molecule is CC=N[C](C)=[W]. The number of nitrogens with zero attached hydrogens (tertiary/aromatic N) is 1. The molecule has 0 aromatic carbocycles. The van der Waals surface area contributed by atoms with Crippen molar-refractivity contribution in [3.05, 3.63) is 0 Å². The molecule has 0 fully saturated rings. The fourth-order valence-corrected chi connectivity index (χ4v) is 0.561. The van der Waals surface area contributed by atoms with Crippen LogP contribution in [-0.2, 0) is 19.4 Å². The number of rotatable bonds is 1. The summed E-state index contributed by atoms with van der Waals surface area (Å²) in [7, 11) is 0. The van der Waals surface area contributed by atoms with E-state index in [1.807, 2.05) is 20.1 Å². The summed E-state index contributed by atoms with van der Waals surface area (Å²) in [6.45, 7) is 3.93.